The third-order valence-electron chi connectivity index (χ3n) is 6.15. The number of rotatable bonds is 7. The van der Waals surface area contributed by atoms with Crippen molar-refractivity contribution in [3.63, 3.8) is 0 Å². The summed E-state index contributed by atoms with van der Waals surface area (Å²) in [5, 5.41) is 2.90. The van der Waals surface area contributed by atoms with Gasteiger partial charge in [0.1, 0.15) is 0 Å². The second-order valence-electron chi connectivity index (χ2n) is 8.14. The van der Waals surface area contributed by atoms with Crippen molar-refractivity contribution in [3.05, 3.63) is 65.7 Å². The molecule has 1 N–H and O–H groups in total. The number of hydrogen-bond donors (Lipinski definition) is 1. The Labute approximate surface area is 190 Å². The number of anilines is 1. The molecular formula is C24H31N3O4S. The molecule has 2 aromatic carbocycles. The predicted octanol–water partition coefficient (Wildman–Crippen LogP) is 3.52. The van der Waals surface area contributed by atoms with Gasteiger partial charge in [-0.3, -0.25) is 9.59 Å². The zero-order valence-corrected chi connectivity index (χ0v) is 19.6. The first kappa shape index (κ1) is 23.9. The lowest BCUT2D eigenvalue weighted by atomic mass is 9.95. The molecule has 2 aromatic rings. The van der Waals surface area contributed by atoms with Gasteiger partial charge < -0.3 is 10.2 Å². The van der Waals surface area contributed by atoms with E-state index >= 15 is 0 Å². The Morgan fingerprint density at radius 1 is 1.09 bits per heavy atom. The largest absolute Gasteiger partial charge is 0.339 e. The Morgan fingerprint density at radius 3 is 2.38 bits per heavy atom. The van der Waals surface area contributed by atoms with Crippen LogP contribution in [0.2, 0.25) is 0 Å². The molecule has 1 saturated heterocycles. The van der Waals surface area contributed by atoms with Crippen LogP contribution < -0.4 is 5.32 Å². The second kappa shape index (κ2) is 10.3. The van der Waals surface area contributed by atoms with Crippen molar-refractivity contribution in [1.29, 1.82) is 0 Å². The summed E-state index contributed by atoms with van der Waals surface area (Å²) in [5.41, 5.74) is 2.16. The van der Waals surface area contributed by atoms with Crippen molar-refractivity contribution >= 4 is 27.5 Å². The van der Waals surface area contributed by atoms with Gasteiger partial charge in [-0.2, -0.15) is 0 Å². The molecule has 32 heavy (non-hydrogen) atoms. The molecule has 2 amide bonds. The van der Waals surface area contributed by atoms with Gasteiger partial charge in [0.05, 0.1) is 11.8 Å². The molecule has 3 rings (SSSR count). The molecule has 172 valence electrons. The number of benzene rings is 2. The number of carbonyl (C=O) groups is 2. The summed E-state index contributed by atoms with van der Waals surface area (Å²) in [6, 6.07) is 16.3. The number of piperidine rings is 1. The van der Waals surface area contributed by atoms with Gasteiger partial charge >= 0.3 is 0 Å². The average molecular weight is 458 g/mol. The maximum absolute atomic E-state index is 13.1. The normalized spacial score (nSPS) is 16.3. The predicted molar refractivity (Wildman–Crippen MR) is 126 cm³/mol. The minimum absolute atomic E-state index is 0.0183. The summed E-state index contributed by atoms with van der Waals surface area (Å²) < 4.78 is 25.6. The topological polar surface area (TPSA) is 86.8 Å². The zero-order valence-electron chi connectivity index (χ0n) is 18.8. The van der Waals surface area contributed by atoms with Crippen LogP contribution in [0.15, 0.2) is 54.6 Å². The van der Waals surface area contributed by atoms with E-state index in [0.717, 1.165) is 5.56 Å². The maximum atomic E-state index is 13.1. The van der Waals surface area contributed by atoms with Gasteiger partial charge in [-0.15, -0.1) is 0 Å². The first-order valence-electron chi connectivity index (χ1n) is 10.9. The van der Waals surface area contributed by atoms with Crippen LogP contribution in [-0.2, 0) is 14.8 Å². The minimum atomic E-state index is -3.21. The Bertz CT molecular complexity index is 1050. The van der Waals surface area contributed by atoms with Crippen molar-refractivity contribution in [3.8, 4) is 0 Å². The third kappa shape index (κ3) is 5.55. The van der Waals surface area contributed by atoms with E-state index in [1.54, 1.807) is 31.0 Å². The van der Waals surface area contributed by atoms with Crippen LogP contribution in [0.5, 0.6) is 0 Å². The highest BCUT2D eigenvalue weighted by Gasteiger charge is 2.32. The first-order chi connectivity index (χ1) is 15.2. The first-order valence-corrected chi connectivity index (χ1v) is 12.5. The monoisotopic (exact) mass is 457 g/mol. The molecule has 8 heteroatoms. The number of amides is 2. The molecule has 1 atom stereocenters. The van der Waals surface area contributed by atoms with Gasteiger partial charge in [-0.1, -0.05) is 30.3 Å². The van der Waals surface area contributed by atoms with Crippen molar-refractivity contribution in [2.75, 3.05) is 31.2 Å². The molecule has 0 bridgehead atoms. The van der Waals surface area contributed by atoms with Crippen LogP contribution in [0.3, 0.4) is 0 Å². The average Bonchev–Trinajstić information content (AvgIpc) is 2.83. The maximum Gasteiger partial charge on any atom is 0.255 e. The van der Waals surface area contributed by atoms with Crippen LogP contribution >= 0.6 is 0 Å². The van der Waals surface area contributed by atoms with Crippen LogP contribution in [0.1, 0.15) is 48.7 Å². The summed E-state index contributed by atoms with van der Waals surface area (Å²) in [5.74, 6) is -0.273. The van der Waals surface area contributed by atoms with Gasteiger partial charge in [0, 0.05) is 37.3 Å². The van der Waals surface area contributed by atoms with Gasteiger partial charge in [0.25, 0.3) is 5.91 Å². The molecule has 1 fully saturated rings. The molecule has 0 aromatic heterocycles. The van der Waals surface area contributed by atoms with E-state index in [1.165, 1.54) is 4.31 Å². The molecule has 1 unspecified atom stereocenters. The van der Waals surface area contributed by atoms with Crippen LogP contribution in [0.4, 0.5) is 5.69 Å². The number of sulfonamides is 1. The van der Waals surface area contributed by atoms with Gasteiger partial charge in [-0.25, -0.2) is 12.7 Å². The smallest absolute Gasteiger partial charge is 0.255 e. The van der Waals surface area contributed by atoms with E-state index in [0.29, 0.717) is 37.2 Å². The van der Waals surface area contributed by atoms with Gasteiger partial charge in [0.2, 0.25) is 15.9 Å². The zero-order chi connectivity index (χ0) is 23.3. The van der Waals surface area contributed by atoms with Crippen molar-refractivity contribution in [2.45, 2.75) is 32.7 Å². The quantitative estimate of drug-likeness (QED) is 0.689. The SMILES string of the molecule is CCS(=O)(=O)N1CCC(C(=O)N(C)C(C)c2cccc(NC(=O)c3ccccc3)c2)CC1. The third-order valence-corrected chi connectivity index (χ3v) is 8.03. The second-order valence-corrected chi connectivity index (χ2v) is 10.4. The molecule has 0 saturated carbocycles. The van der Waals surface area contributed by atoms with E-state index < -0.39 is 10.0 Å². The lowest BCUT2D eigenvalue weighted by molar-refractivity contribution is -0.137. The van der Waals surface area contributed by atoms with E-state index in [1.807, 2.05) is 49.4 Å². The molecule has 1 aliphatic heterocycles. The van der Waals surface area contributed by atoms with Gasteiger partial charge in [0.15, 0.2) is 0 Å². The summed E-state index contributed by atoms with van der Waals surface area (Å²) in [6.07, 6.45) is 1.06. The van der Waals surface area contributed by atoms with E-state index in [-0.39, 0.29) is 29.5 Å². The van der Waals surface area contributed by atoms with Gasteiger partial charge in [-0.05, 0) is 56.5 Å². The lowest BCUT2D eigenvalue weighted by Gasteiger charge is -2.34. The Hall–Kier alpha value is -2.71. The standard InChI is InChI=1S/C24H31N3O4S/c1-4-32(30,31)27-15-13-20(14-16-27)24(29)26(3)18(2)21-11-8-12-22(17-21)25-23(28)19-9-6-5-7-10-19/h5-12,17-18,20H,4,13-16H2,1-3H3,(H,25,28). The van der Waals surface area contributed by atoms with Crippen LogP contribution in [0.25, 0.3) is 0 Å². The molecule has 1 heterocycles. The fourth-order valence-electron chi connectivity index (χ4n) is 3.94. The number of carbonyl (C=O) groups excluding carboxylic acids is 2. The van der Waals surface area contributed by atoms with Crippen LogP contribution in [-0.4, -0.2) is 55.3 Å². The number of nitrogens with zero attached hydrogens (tertiary/aromatic N) is 2. The summed E-state index contributed by atoms with van der Waals surface area (Å²) >= 11 is 0. The Kier molecular flexibility index (Phi) is 7.69. The Balaban J connectivity index is 1.63. The molecule has 0 aliphatic carbocycles. The molecule has 1 aliphatic rings. The molecular weight excluding hydrogens is 426 g/mol. The van der Waals surface area contributed by atoms with E-state index in [9.17, 15) is 18.0 Å². The Morgan fingerprint density at radius 2 is 1.75 bits per heavy atom. The molecule has 0 spiro atoms. The van der Waals surface area contributed by atoms with Crippen molar-refractivity contribution in [2.24, 2.45) is 5.92 Å². The van der Waals surface area contributed by atoms with Crippen molar-refractivity contribution < 1.29 is 18.0 Å². The highest BCUT2D eigenvalue weighted by molar-refractivity contribution is 7.89. The fraction of sp³-hybridized carbons (Fsp3) is 0.417. The minimum Gasteiger partial charge on any atom is -0.339 e. The van der Waals surface area contributed by atoms with E-state index in [4.69, 9.17) is 0 Å². The fourth-order valence-corrected chi connectivity index (χ4v) is 5.07. The molecule has 7 nitrogen and oxygen atoms in total. The van der Waals surface area contributed by atoms with E-state index in [2.05, 4.69) is 5.32 Å². The lowest BCUT2D eigenvalue weighted by Crippen LogP contribution is -2.44. The highest BCUT2D eigenvalue weighted by atomic mass is 32.2. The number of hydrogen-bond acceptors (Lipinski definition) is 4. The van der Waals surface area contributed by atoms with Crippen LogP contribution in [0, 0.1) is 5.92 Å². The van der Waals surface area contributed by atoms with Crippen molar-refractivity contribution in [1.82, 2.24) is 9.21 Å². The summed E-state index contributed by atoms with van der Waals surface area (Å²) in [4.78, 5) is 27.2. The summed E-state index contributed by atoms with van der Waals surface area (Å²) in [6.45, 7) is 4.36. The summed E-state index contributed by atoms with van der Waals surface area (Å²) in [7, 11) is -1.44. The number of nitrogens with one attached hydrogen (secondary N) is 1. The molecule has 0 radical (unpaired) electrons. The highest BCUT2D eigenvalue weighted by Crippen LogP contribution is 2.27.